The topological polar surface area (TPSA) is 75.3 Å². The fourth-order valence-corrected chi connectivity index (χ4v) is 3.90. The fourth-order valence-electron chi connectivity index (χ4n) is 2.32. The van der Waals surface area contributed by atoms with Gasteiger partial charge in [0.05, 0.1) is 5.02 Å². The summed E-state index contributed by atoms with van der Waals surface area (Å²) in [5, 5.41) is 2.44. The molecule has 144 valence electrons. The van der Waals surface area contributed by atoms with Crippen molar-refractivity contribution in [1.29, 1.82) is 0 Å². The molecule has 0 aliphatic carbocycles. The number of hydrogen-bond donors (Lipinski definition) is 2. The van der Waals surface area contributed by atoms with E-state index in [0.717, 1.165) is 18.2 Å². The fraction of sp³-hybridized carbons (Fsp3) is 0. The smallest absolute Gasteiger partial charge is 0.263 e. The van der Waals surface area contributed by atoms with Crippen LogP contribution in [0.15, 0.2) is 71.6 Å². The molecule has 5 nitrogen and oxygen atoms in total. The summed E-state index contributed by atoms with van der Waals surface area (Å²) in [6, 6.07) is 13.6. The Balaban J connectivity index is 1.86. The Morgan fingerprint density at radius 2 is 1.36 bits per heavy atom. The van der Waals surface area contributed by atoms with E-state index in [1.807, 2.05) is 0 Å². The first-order chi connectivity index (χ1) is 13.2. The van der Waals surface area contributed by atoms with Crippen molar-refractivity contribution in [3.05, 3.63) is 89.0 Å². The standard InChI is InChI=1S/C19H13ClF2N2O3S/c20-17-10-1-12(19(25)23-15-6-2-13(21)3-7-15)11-18(17)28(26,27)24-16-8-4-14(22)5-9-16/h1-11,24H,(H,23,25). The molecule has 28 heavy (non-hydrogen) atoms. The van der Waals surface area contributed by atoms with E-state index >= 15 is 0 Å². The van der Waals surface area contributed by atoms with Gasteiger partial charge >= 0.3 is 0 Å². The number of benzene rings is 3. The lowest BCUT2D eigenvalue weighted by Gasteiger charge is -2.11. The van der Waals surface area contributed by atoms with Gasteiger partial charge in [-0.05, 0) is 66.7 Å². The van der Waals surface area contributed by atoms with Gasteiger partial charge in [-0.25, -0.2) is 17.2 Å². The molecule has 0 aliphatic rings. The van der Waals surface area contributed by atoms with Crippen molar-refractivity contribution in [2.75, 3.05) is 10.0 Å². The summed E-state index contributed by atoms with van der Waals surface area (Å²) in [6.07, 6.45) is 0. The summed E-state index contributed by atoms with van der Waals surface area (Å²) in [4.78, 5) is 12.1. The van der Waals surface area contributed by atoms with E-state index in [2.05, 4.69) is 10.0 Å². The maximum absolute atomic E-state index is 13.0. The van der Waals surface area contributed by atoms with Crippen molar-refractivity contribution in [2.24, 2.45) is 0 Å². The Bertz CT molecular complexity index is 1120. The summed E-state index contributed by atoms with van der Waals surface area (Å²) in [5.74, 6) is -1.56. The largest absolute Gasteiger partial charge is 0.322 e. The molecule has 3 rings (SSSR count). The first-order valence-electron chi connectivity index (χ1n) is 7.89. The van der Waals surface area contributed by atoms with Crippen LogP contribution in [0.5, 0.6) is 0 Å². The Labute approximate surface area is 165 Å². The minimum absolute atomic E-state index is 0.0354. The average molecular weight is 423 g/mol. The van der Waals surface area contributed by atoms with E-state index in [0.29, 0.717) is 5.69 Å². The van der Waals surface area contributed by atoms with Gasteiger partial charge in [0, 0.05) is 16.9 Å². The van der Waals surface area contributed by atoms with Crippen LogP contribution in [0.25, 0.3) is 0 Å². The monoisotopic (exact) mass is 422 g/mol. The van der Waals surface area contributed by atoms with Crippen LogP contribution in [0.3, 0.4) is 0 Å². The van der Waals surface area contributed by atoms with Crippen LogP contribution >= 0.6 is 11.6 Å². The number of carbonyl (C=O) groups is 1. The van der Waals surface area contributed by atoms with Gasteiger partial charge in [-0.15, -0.1) is 0 Å². The third kappa shape index (κ3) is 4.65. The molecule has 0 atom stereocenters. The highest BCUT2D eigenvalue weighted by molar-refractivity contribution is 7.92. The number of anilines is 2. The highest BCUT2D eigenvalue weighted by Crippen LogP contribution is 2.25. The second kappa shape index (κ2) is 7.95. The Morgan fingerprint density at radius 1 is 0.821 bits per heavy atom. The van der Waals surface area contributed by atoms with Crippen molar-refractivity contribution in [1.82, 2.24) is 0 Å². The third-order valence-electron chi connectivity index (χ3n) is 3.68. The zero-order valence-corrected chi connectivity index (χ0v) is 15.7. The second-order valence-electron chi connectivity index (χ2n) is 5.72. The van der Waals surface area contributed by atoms with Gasteiger partial charge in [0.2, 0.25) is 0 Å². The van der Waals surface area contributed by atoms with Gasteiger partial charge < -0.3 is 5.32 Å². The molecule has 0 fully saturated rings. The molecule has 0 unspecified atom stereocenters. The normalized spacial score (nSPS) is 11.1. The number of amides is 1. The zero-order chi connectivity index (χ0) is 20.3. The Morgan fingerprint density at radius 3 is 1.93 bits per heavy atom. The van der Waals surface area contributed by atoms with Gasteiger partial charge in [0.25, 0.3) is 15.9 Å². The van der Waals surface area contributed by atoms with E-state index in [-0.39, 0.29) is 21.2 Å². The molecule has 0 aliphatic heterocycles. The molecular formula is C19H13ClF2N2O3S. The van der Waals surface area contributed by atoms with Crippen molar-refractivity contribution in [3.63, 3.8) is 0 Å². The first kappa shape index (κ1) is 19.8. The molecule has 0 aromatic heterocycles. The quantitative estimate of drug-likeness (QED) is 0.627. The zero-order valence-electron chi connectivity index (χ0n) is 14.1. The SMILES string of the molecule is O=C(Nc1ccc(F)cc1)c1ccc(Cl)c(S(=O)(=O)Nc2ccc(F)cc2)c1. The molecule has 9 heteroatoms. The molecule has 0 saturated heterocycles. The molecular weight excluding hydrogens is 410 g/mol. The molecule has 0 heterocycles. The van der Waals surface area contributed by atoms with Crippen LogP contribution in [-0.2, 0) is 10.0 Å². The first-order valence-corrected chi connectivity index (χ1v) is 9.75. The van der Waals surface area contributed by atoms with Gasteiger partial charge in [-0.1, -0.05) is 11.6 Å². The molecule has 3 aromatic carbocycles. The maximum atomic E-state index is 13.0. The number of hydrogen-bond acceptors (Lipinski definition) is 3. The van der Waals surface area contributed by atoms with Gasteiger partial charge in [-0.2, -0.15) is 0 Å². The molecule has 0 bridgehead atoms. The van der Waals surface area contributed by atoms with Crippen LogP contribution in [0.4, 0.5) is 20.2 Å². The second-order valence-corrected chi connectivity index (χ2v) is 7.78. The van der Waals surface area contributed by atoms with E-state index in [1.54, 1.807) is 0 Å². The van der Waals surface area contributed by atoms with Crippen LogP contribution in [0, 0.1) is 11.6 Å². The summed E-state index contributed by atoms with van der Waals surface area (Å²) in [7, 11) is -4.13. The Hall–Kier alpha value is -2.97. The molecule has 1 amide bonds. The molecule has 2 N–H and O–H groups in total. The minimum Gasteiger partial charge on any atom is -0.322 e. The molecule has 3 aromatic rings. The van der Waals surface area contributed by atoms with E-state index in [4.69, 9.17) is 11.6 Å². The van der Waals surface area contributed by atoms with Crippen LogP contribution < -0.4 is 10.0 Å². The summed E-state index contributed by atoms with van der Waals surface area (Å²) < 4.78 is 53.4. The van der Waals surface area contributed by atoms with Gasteiger partial charge in [0.1, 0.15) is 16.5 Å². The Kier molecular flexibility index (Phi) is 5.62. The molecule has 0 saturated carbocycles. The summed E-state index contributed by atoms with van der Waals surface area (Å²) in [6.45, 7) is 0. The van der Waals surface area contributed by atoms with Gasteiger partial charge in [-0.3, -0.25) is 9.52 Å². The predicted octanol–water partition coefficient (Wildman–Crippen LogP) is 4.67. The van der Waals surface area contributed by atoms with Crippen LogP contribution in [0.1, 0.15) is 10.4 Å². The van der Waals surface area contributed by atoms with E-state index < -0.39 is 27.6 Å². The highest BCUT2D eigenvalue weighted by Gasteiger charge is 2.20. The highest BCUT2D eigenvalue weighted by atomic mass is 35.5. The third-order valence-corrected chi connectivity index (χ3v) is 5.54. The number of rotatable bonds is 5. The van der Waals surface area contributed by atoms with Gasteiger partial charge in [0.15, 0.2) is 0 Å². The maximum Gasteiger partial charge on any atom is 0.263 e. The summed E-state index contributed by atoms with van der Waals surface area (Å²) >= 11 is 6.00. The van der Waals surface area contributed by atoms with Crippen molar-refractivity contribution < 1.29 is 22.0 Å². The number of sulfonamides is 1. The van der Waals surface area contributed by atoms with Crippen molar-refractivity contribution in [2.45, 2.75) is 4.90 Å². The summed E-state index contributed by atoms with van der Waals surface area (Å²) in [5.41, 5.74) is 0.516. The number of halogens is 3. The number of nitrogens with one attached hydrogen (secondary N) is 2. The number of carbonyl (C=O) groups excluding carboxylic acids is 1. The lowest BCUT2D eigenvalue weighted by molar-refractivity contribution is 0.102. The van der Waals surface area contributed by atoms with Crippen LogP contribution in [0.2, 0.25) is 5.02 Å². The van der Waals surface area contributed by atoms with E-state index in [1.165, 1.54) is 48.5 Å². The molecule has 0 spiro atoms. The van der Waals surface area contributed by atoms with E-state index in [9.17, 15) is 22.0 Å². The van der Waals surface area contributed by atoms with Crippen LogP contribution in [-0.4, -0.2) is 14.3 Å². The lowest BCUT2D eigenvalue weighted by Crippen LogP contribution is -2.16. The van der Waals surface area contributed by atoms with Crippen molar-refractivity contribution >= 4 is 38.9 Å². The minimum atomic E-state index is -4.13. The average Bonchev–Trinajstić information content (AvgIpc) is 2.65. The predicted molar refractivity (Wildman–Crippen MR) is 103 cm³/mol. The lowest BCUT2D eigenvalue weighted by atomic mass is 10.2. The van der Waals surface area contributed by atoms with Crippen molar-refractivity contribution in [3.8, 4) is 0 Å². The molecule has 0 radical (unpaired) electrons.